The van der Waals surface area contributed by atoms with Crippen LogP contribution in [0.5, 0.6) is 0 Å². The first kappa shape index (κ1) is 13.1. The molecule has 1 aromatic carbocycles. The zero-order valence-electron chi connectivity index (χ0n) is 10.2. The summed E-state index contributed by atoms with van der Waals surface area (Å²) in [5.41, 5.74) is -0.357. The van der Waals surface area contributed by atoms with Gasteiger partial charge in [-0.15, -0.1) is 0 Å². The number of aromatic nitrogens is 2. The van der Waals surface area contributed by atoms with Gasteiger partial charge in [0.2, 0.25) is 0 Å². The Morgan fingerprint density at radius 1 is 1.42 bits per heavy atom. The number of hydrogen-bond acceptors (Lipinski definition) is 5. The van der Waals surface area contributed by atoms with Gasteiger partial charge in [0.15, 0.2) is 11.9 Å². The van der Waals surface area contributed by atoms with E-state index in [1.807, 2.05) is 0 Å². The summed E-state index contributed by atoms with van der Waals surface area (Å²) in [5, 5.41) is 3.55. The molecule has 0 saturated carbocycles. The number of aryl methyl sites for hydroxylation is 1. The average Bonchev–Trinajstić information content (AvgIpc) is 2.75. The quantitative estimate of drug-likeness (QED) is 0.800. The summed E-state index contributed by atoms with van der Waals surface area (Å²) in [6, 6.07) is 2.60. The van der Waals surface area contributed by atoms with Crippen LogP contribution in [0.4, 0.5) is 8.78 Å². The highest BCUT2D eigenvalue weighted by Crippen LogP contribution is 2.18. The zero-order chi connectivity index (χ0) is 14.0. The molecule has 1 atom stereocenters. The normalized spacial score (nSPS) is 12.2. The van der Waals surface area contributed by atoms with Gasteiger partial charge in [0, 0.05) is 6.07 Å². The fourth-order valence-electron chi connectivity index (χ4n) is 1.41. The molecule has 1 heterocycles. The van der Waals surface area contributed by atoms with Crippen LogP contribution in [-0.4, -0.2) is 16.1 Å². The molecule has 0 saturated heterocycles. The Morgan fingerprint density at radius 2 is 2.16 bits per heavy atom. The Bertz CT molecular complexity index is 613. The maximum atomic E-state index is 13.4. The lowest BCUT2D eigenvalue weighted by atomic mass is 10.2. The van der Waals surface area contributed by atoms with Crippen LogP contribution < -0.4 is 0 Å². The standard InChI is InChI=1S/C12H10F2N2O3/c1-6(11-15-7(2)16-19-11)18-12(17)9-4-3-8(13)5-10(9)14/h3-6H,1-2H3. The molecule has 0 radical (unpaired) electrons. The van der Waals surface area contributed by atoms with Crippen LogP contribution in [0.25, 0.3) is 0 Å². The van der Waals surface area contributed by atoms with E-state index in [0.717, 1.165) is 12.1 Å². The molecule has 0 aliphatic carbocycles. The van der Waals surface area contributed by atoms with Crippen molar-refractivity contribution in [1.82, 2.24) is 10.1 Å². The molecule has 0 bridgehead atoms. The third-order valence-electron chi connectivity index (χ3n) is 2.33. The minimum absolute atomic E-state index is 0.105. The molecule has 0 spiro atoms. The summed E-state index contributed by atoms with van der Waals surface area (Å²) in [6.45, 7) is 3.12. The fraction of sp³-hybridized carbons (Fsp3) is 0.250. The SMILES string of the molecule is Cc1noc(C(C)OC(=O)c2ccc(F)cc2F)n1. The lowest BCUT2D eigenvalue weighted by molar-refractivity contribution is 0.0260. The van der Waals surface area contributed by atoms with Crippen LogP contribution in [0.1, 0.15) is 35.1 Å². The van der Waals surface area contributed by atoms with Crippen molar-refractivity contribution in [3.8, 4) is 0 Å². The van der Waals surface area contributed by atoms with Gasteiger partial charge in [-0.1, -0.05) is 5.16 Å². The summed E-state index contributed by atoms with van der Waals surface area (Å²) >= 11 is 0. The molecule has 100 valence electrons. The molecule has 0 fully saturated rings. The van der Waals surface area contributed by atoms with Gasteiger partial charge in [-0.05, 0) is 26.0 Å². The van der Waals surface area contributed by atoms with Gasteiger partial charge in [-0.3, -0.25) is 0 Å². The van der Waals surface area contributed by atoms with Gasteiger partial charge in [0.25, 0.3) is 5.89 Å². The molecule has 2 rings (SSSR count). The third-order valence-corrected chi connectivity index (χ3v) is 2.33. The topological polar surface area (TPSA) is 65.2 Å². The van der Waals surface area contributed by atoms with E-state index in [4.69, 9.17) is 9.26 Å². The molecule has 7 heteroatoms. The number of ether oxygens (including phenoxy) is 1. The fourth-order valence-corrected chi connectivity index (χ4v) is 1.41. The summed E-state index contributed by atoms with van der Waals surface area (Å²) in [7, 11) is 0. The van der Waals surface area contributed by atoms with Crippen LogP contribution in [0.15, 0.2) is 22.7 Å². The lowest BCUT2D eigenvalue weighted by Crippen LogP contribution is -2.11. The van der Waals surface area contributed by atoms with E-state index in [9.17, 15) is 13.6 Å². The predicted octanol–water partition coefficient (Wildman–Crippen LogP) is 2.57. The van der Waals surface area contributed by atoms with Gasteiger partial charge in [-0.2, -0.15) is 4.98 Å². The minimum Gasteiger partial charge on any atom is -0.449 e. The van der Waals surface area contributed by atoms with Gasteiger partial charge in [0.1, 0.15) is 11.6 Å². The number of halogens is 2. The van der Waals surface area contributed by atoms with Crippen LogP contribution in [0.3, 0.4) is 0 Å². The lowest BCUT2D eigenvalue weighted by Gasteiger charge is -2.09. The van der Waals surface area contributed by atoms with Crippen LogP contribution in [0.2, 0.25) is 0 Å². The van der Waals surface area contributed by atoms with Crippen molar-refractivity contribution in [3.63, 3.8) is 0 Å². The maximum absolute atomic E-state index is 13.4. The van der Waals surface area contributed by atoms with Gasteiger partial charge >= 0.3 is 5.97 Å². The van der Waals surface area contributed by atoms with Crippen molar-refractivity contribution >= 4 is 5.97 Å². The highest BCUT2D eigenvalue weighted by molar-refractivity contribution is 5.89. The van der Waals surface area contributed by atoms with E-state index in [2.05, 4.69) is 10.1 Å². The minimum atomic E-state index is -0.987. The van der Waals surface area contributed by atoms with Crippen molar-refractivity contribution in [2.45, 2.75) is 20.0 Å². The molecule has 1 aromatic heterocycles. The van der Waals surface area contributed by atoms with Gasteiger partial charge < -0.3 is 9.26 Å². The Balaban J connectivity index is 2.12. The van der Waals surface area contributed by atoms with Crippen LogP contribution in [0, 0.1) is 18.6 Å². The summed E-state index contributed by atoms with van der Waals surface area (Å²) < 4.78 is 35.9. The number of hydrogen-bond donors (Lipinski definition) is 0. The number of carbonyl (C=O) groups excluding carboxylic acids is 1. The molecule has 2 aromatic rings. The highest BCUT2D eigenvalue weighted by Gasteiger charge is 2.21. The van der Waals surface area contributed by atoms with Crippen molar-refractivity contribution in [3.05, 3.63) is 47.1 Å². The van der Waals surface area contributed by atoms with Crippen LogP contribution >= 0.6 is 0 Å². The molecule has 5 nitrogen and oxygen atoms in total. The molecule has 0 amide bonds. The number of nitrogens with zero attached hydrogens (tertiary/aromatic N) is 2. The number of carbonyl (C=O) groups is 1. The van der Waals surface area contributed by atoms with E-state index in [-0.39, 0.29) is 11.5 Å². The zero-order valence-corrected chi connectivity index (χ0v) is 10.2. The van der Waals surface area contributed by atoms with E-state index in [1.165, 1.54) is 6.92 Å². The number of benzene rings is 1. The largest absolute Gasteiger partial charge is 0.449 e. The predicted molar refractivity (Wildman–Crippen MR) is 59.2 cm³/mol. The molecule has 0 N–H and O–H groups in total. The Morgan fingerprint density at radius 3 is 2.74 bits per heavy atom. The monoisotopic (exact) mass is 268 g/mol. The molecule has 19 heavy (non-hydrogen) atoms. The number of rotatable bonds is 3. The molecular formula is C12H10F2N2O3. The first-order valence-electron chi connectivity index (χ1n) is 5.43. The van der Waals surface area contributed by atoms with Crippen LogP contribution in [-0.2, 0) is 4.74 Å². The van der Waals surface area contributed by atoms with E-state index < -0.39 is 23.7 Å². The van der Waals surface area contributed by atoms with Gasteiger partial charge in [-0.25, -0.2) is 13.6 Å². The third kappa shape index (κ3) is 2.93. The second-order valence-corrected chi connectivity index (χ2v) is 3.85. The van der Waals surface area contributed by atoms with Crippen molar-refractivity contribution in [1.29, 1.82) is 0 Å². The first-order valence-corrected chi connectivity index (χ1v) is 5.43. The summed E-state index contributed by atoms with van der Waals surface area (Å²) in [4.78, 5) is 15.6. The van der Waals surface area contributed by atoms with E-state index >= 15 is 0 Å². The Kier molecular flexibility index (Phi) is 3.55. The molecule has 0 aliphatic heterocycles. The van der Waals surface area contributed by atoms with Crippen molar-refractivity contribution < 1.29 is 22.8 Å². The van der Waals surface area contributed by atoms with E-state index in [0.29, 0.717) is 11.9 Å². The molecule has 0 aliphatic rings. The number of esters is 1. The van der Waals surface area contributed by atoms with Crippen molar-refractivity contribution in [2.75, 3.05) is 0 Å². The maximum Gasteiger partial charge on any atom is 0.341 e. The first-order chi connectivity index (χ1) is 8.97. The molecule has 1 unspecified atom stereocenters. The second-order valence-electron chi connectivity index (χ2n) is 3.85. The highest BCUT2D eigenvalue weighted by atomic mass is 19.1. The van der Waals surface area contributed by atoms with E-state index in [1.54, 1.807) is 6.92 Å². The summed E-state index contributed by atoms with van der Waals surface area (Å²) in [5.74, 6) is -2.19. The molecular weight excluding hydrogens is 258 g/mol. The smallest absolute Gasteiger partial charge is 0.341 e. The average molecular weight is 268 g/mol. The Labute approximate surface area is 107 Å². The van der Waals surface area contributed by atoms with Crippen molar-refractivity contribution in [2.24, 2.45) is 0 Å². The summed E-state index contributed by atoms with van der Waals surface area (Å²) in [6.07, 6.45) is -0.821. The second kappa shape index (κ2) is 5.13. The van der Waals surface area contributed by atoms with Gasteiger partial charge in [0.05, 0.1) is 5.56 Å². The Hall–Kier alpha value is -2.31.